The van der Waals surface area contributed by atoms with E-state index < -0.39 is 43.8 Å². The standard InChI is InChI=1S/C34H48F3NO4S/c1-28(2)11-13-33(15-16-43(41,42)20-34(35,36)37)14-12-32(7)26(21(33)18-28)23(39)17-25-30(5)19-22(38-8)27(40)29(3,4)24(30)9-10-31(25,32)6/h19,21,24-26H,9-18,20H2,1-7H3/t21-,24-,25+,26-,30-,31+,32+,33+/m0/s1. The lowest BCUT2D eigenvalue weighted by atomic mass is 9.31. The number of carbonyl (C=O) groups excluding carboxylic acids is 2. The van der Waals surface area contributed by atoms with Crippen LogP contribution in [0.3, 0.4) is 0 Å². The van der Waals surface area contributed by atoms with Crippen LogP contribution in [-0.2, 0) is 19.4 Å². The van der Waals surface area contributed by atoms with E-state index in [2.05, 4.69) is 39.5 Å². The maximum Gasteiger partial charge on any atom is 0.402 e. The molecule has 0 bridgehead atoms. The quantitative estimate of drug-likeness (QED) is 0.298. The second-order valence-corrected chi connectivity index (χ2v) is 19.2. The van der Waals surface area contributed by atoms with Gasteiger partial charge in [-0.2, -0.15) is 13.2 Å². The number of carbonyl (C=O) groups is 2. The Morgan fingerprint density at radius 2 is 1.56 bits per heavy atom. The van der Waals surface area contributed by atoms with E-state index in [0.29, 0.717) is 12.8 Å². The molecule has 4 fully saturated rings. The number of hydrogen-bond acceptors (Lipinski definition) is 4. The van der Waals surface area contributed by atoms with Gasteiger partial charge in [0.2, 0.25) is 5.70 Å². The summed E-state index contributed by atoms with van der Waals surface area (Å²) in [5, 5.41) is 0. The van der Waals surface area contributed by atoms with E-state index in [4.69, 9.17) is 6.57 Å². The highest BCUT2D eigenvalue weighted by atomic mass is 32.2. The van der Waals surface area contributed by atoms with E-state index in [0.717, 1.165) is 38.5 Å². The average Bonchev–Trinajstić information content (AvgIpc) is 2.85. The number of Topliss-reactive ketones (excluding diaryl/α,β-unsaturated/α-hetero) is 2. The first-order valence-electron chi connectivity index (χ1n) is 15.9. The van der Waals surface area contributed by atoms with Crippen molar-refractivity contribution >= 4 is 21.4 Å². The van der Waals surface area contributed by atoms with Crippen molar-refractivity contribution in [3.05, 3.63) is 23.2 Å². The van der Waals surface area contributed by atoms with Crippen LogP contribution in [0.2, 0.25) is 0 Å². The van der Waals surface area contributed by atoms with Crippen LogP contribution >= 0.6 is 0 Å². The number of hydrogen-bond donors (Lipinski definition) is 0. The van der Waals surface area contributed by atoms with Gasteiger partial charge in [-0.25, -0.2) is 13.3 Å². The Morgan fingerprint density at radius 3 is 2.16 bits per heavy atom. The predicted octanol–water partition coefficient (Wildman–Crippen LogP) is 8.01. The topological polar surface area (TPSA) is 72.6 Å². The van der Waals surface area contributed by atoms with Gasteiger partial charge in [0, 0.05) is 17.8 Å². The monoisotopic (exact) mass is 623 g/mol. The van der Waals surface area contributed by atoms with E-state index in [9.17, 15) is 31.2 Å². The van der Waals surface area contributed by atoms with E-state index >= 15 is 0 Å². The second-order valence-electron chi connectivity index (χ2n) is 17.0. The molecule has 0 amide bonds. The number of nitrogens with zero attached hydrogens (tertiary/aromatic N) is 1. The van der Waals surface area contributed by atoms with Gasteiger partial charge in [0.25, 0.3) is 0 Å². The smallest absolute Gasteiger partial charge is 0.307 e. The van der Waals surface area contributed by atoms with E-state index in [1.54, 1.807) is 0 Å². The Labute approximate surface area is 255 Å². The first-order chi connectivity index (χ1) is 19.5. The van der Waals surface area contributed by atoms with Crippen molar-refractivity contribution in [1.82, 2.24) is 0 Å². The lowest BCUT2D eigenvalue weighted by Crippen LogP contribution is -2.68. The summed E-state index contributed by atoms with van der Waals surface area (Å²) in [5.41, 5.74) is -2.21. The minimum atomic E-state index is -4.77. The van der Waals surface area contributed by atoms with E-state index in [1.165, 1.54) is 0 Å². The summed E-state index contributed by atoms with van der Waals surface area (Å²) >= 11 is 0. The van der Waals surface area contributed by atoms with Crippen molar-refractivity contribution in [2.45, 2.75) is 112 Å². The number of sulfone groups is 1. The normalized spacial score (nSPS) is 43.8. The molecule has 240 valence electrons. The Morgan fingerprint density at radius 1 is 0.930 bits per heavy atom. The van der Waals surface area contributed by atoms with Crippen molar-refractivity contribution in [2.75, 3.05) is 11.5 Å². The van der Waals surface area contributed by atoms with Gasteiger partial charge >= 0.3 is 6.18 Å². The zero-order valence-electron chi connectivity index (χ0n) is 26.8. The van der Waals surface area contributed by atoms with Gasteiger partial charge < -0.3 is 4.79 Å². The van der Waals surface area contributed by atoms with Gasteiger partial charge in [-0.3, -0.25) is 4.79 Å². The molecule has 9 heteroatoms. The minimum absolute atomic E-state index is 0.0131. The predicted molar refractivity (Wildman–Crippen MR) is 159 cm³/mol. The number of halogens is 3. The lowest BCUT2D eigenvalue weighted by molar-refractivity contribution is -0.223. The van der Waals surface area contributed by atoms with Crippen LogP contribution in [0, 0.1) is 62.7 Å². The van der Waals surface area contributed by atoms with Crippen LogP contribution in [0.4, 0.5) is 13.2 Å². The SMILES string of the molecule is [C-]#[N+]C1=C[C@]2(C)[C@H]3CC(=O)[C@@H]4[C@@H]5CC(C)(C)CC[C@]5(CCS(=O)(=O)CC(F)(F)F)CC[C@@]4(C)[C@]3(C)CC[C@H]2C(C)(C)C1=O. The summed E-state index contributed by atoms with van der Waals surface area (Å²) < 4.78 is 64.4. The molecule has 4 saturated carbocycles. The molecule has 43 heavy (non-hydrogen) atoms. The van der Waals surface area contributed by atoms with Gasteiger partial charge in [0.05, 0.1) is 12.3 Å². The molecule has 0 aromatic rings. The van der Waals surface area contributed by atoms with Crippen molar-refractivity contribution in [1.29, 1.82) is 0 Å². The zero-order chi connectivity index (χ0) is 32.2. The van der Waals surface area contributed by atoms with E-state index in [-0.39, 0.29) is 63.6 Å². The van der Waals surface area contributed by atoms with Crippen molar-refractivity contribution < 1.29 is 31.2 Å². The molecule has 0 aromatic heterocycles. The molecule has 0 aliphatic heterocycles. The molecule has 0 N–H and O–H groups in total. The lowest BCUT2D eigenvalue weighted by Gasteiger charge is -2.72. The minimum Gasteiger partial charge on any atom is -0.307 e. The molecule has 0 aromatic carbocycles. The Balaban J connectivity index is 1.56. The fraction of sp³-hybridized carbons (Fsp3) is 0.853. The molecule has 0 spiro atoms. The Hall–Kier alpha value is -1.69. The third kappa shape index (κ3) is 4.86. The molecule has 5 aliphatic carbocycles. The molecule has 5 aliphatic rings. The first-order valence-corrected chi connectivity index (χ1v) is 17.7. The number of ketones is 2. The maximum atomic E-state index is 14.6. The fourth-order valence-corrected chi connectivity index (χ4v) is 12.9. The van der Waals surface area contributed by atoms with Crippen molar-refractivity contribution in [2.24, 2.45) is 56.2 Å². The van der Waals surface area contributed by atoms with Crippen molar-refractivity contribution in [3.63, 3.8) is 0 Å². The van der Waals surface area contributed by atoms with Crippen LogP contribution in [0.15, 0.2) is 11.8 Å². The zero-order valence-corrected chi connectivity index (χ0v) is 27.6. The van der Waals surface area contributed by atoms with Crippen molar-refractivity contribution in [3.8, 4) is 0 Å². The summed E-state index contributed by atoms with van der Waals surface area (Å²) in [5.74, 6) is -2.68. The van der Waals surface area contributed by atoms with Crippen LogP contribution in [0.25, 0.3) is 4.85 Å². The number of rotatable bonds is 4. The third-order valence-corrected chi connectivity index (χ3v) is 15.5. The summed E-state index contributed by atoms with van der Waals surface area (Å²) in [4.78, 5) is 31.5. The summed E-state index contributed by atoms with van der Waals surface area (Å²) in [6, 6.07) is 0. The van der Waals surface area contributed by atoms with Gasteiger partial charge in [-0.15, -0.1) is 0 Å². The highest BCUT2D eigenvalue weighted by Crippen LogP contribution is 2.76. The van der Waals surface area contributed by atoms with Crippen LogP contribution in [0.5, 0.6) is 0 Å². The second kappa shape index (κ2) is 9.66. The highest BCUT2D eigenvalue weighted by Gasteiger charge is 2.72. The Kier molecular flexibility index (Phi) is 7.34. The van der Waals surface area contributed by atoms with Gasteiger partial charge in [-0.05, 0) is 96.2 Å². The molecule has 0 radical (unpaired) electrons. The molecule has 5 nitrogen and oxygen atoms in total. The first kappa shape index (κ1) is 32.7. The summed E-state index contributed by atoms with van der Waals surface area (Å²) in [7, 11) is -4.33. The molecule has 0 saturated heterocycles. The molecule has 5 rings (SSSR count). The largest absolute Gasteiger partial charge is 0.402 e. The number of fused-ring (bicyclic) bond motifs is 7. The molecular weight excluding hydrogens is 575 g/mol. The Bertz CT molecular complexity index is 1410. The fourth-order valence-electron chi connectivity index (χ4n) is 11.5. The maximum absolute atomic E-state index is 14.6. The molecule has 0 heterocycles. The highest BCUT2D eigenvalue weighted by molar-refractivity contribution is 7.91. The molecular formula is C34H48F3NO4S. The van der Waals surface area contributed by atoms with Crippen LogP contribution < -0.4 is 0 Å². The van der Waals surface area contributed by atoms with Gasteiger partial charge in [0.1, 0.15) is 11.5 Å². The van der Waals surface area contributed by atoms with E-state index in [1.807, 2.05) is 19.9 Å². The molecule has 0 unspecified atom stereocenters. The molecule has 8 atom stereocenters. The third-order valence-electron chi connectivity index (χ3n) is 13.9. The van der Waals surface area contributed by atoms with Gasteiger partial charge in [0.15, 0.2) is 15.6 Å². The number of allylic oxidation sites excluding steroid dienone is 2. The van der Waals surface area contributed by atoms with Crippen LogP contribution in [-0.4, -0.2) is 37.7 Å². The summed E-state index contributed by atoms with van der Waals surface area (Å²) in [6.07, 6.45) is 3.05. The van der Waals surface area contributed by atoms with Crippen LogP contribution in [0.1, 0.15) is 106 Å². The van der Waals surface area contributed by atoms with Gasteiger partial charge in [-0.1, -0.05) is 54.5 Å². The average molecular weight is 624 g/mol. The summed E-state index contributed by atoms with van der Waals surface area (Å²) in [6.45, 7) is 22.7. The number of alkyl halides is 3.